The molecule has 0 fully saturated rings. The lowest BCUT2D eigenvalue weighted by Gasteiger charge is -2.23. The summed E-state index contributed by atoms with van der Waals surface area (Å²) in [6, 6.07) is 13.2. The van der Waals surface area contributed by atoms with E-state index in [4.69, 9.17) is 14.9 Å². The molecule has 0 atom stereocenters. The minimum atomic E-state index is 0.0397. The lowest BCUT2D eigenvalue weighted by molar-refractivity contribution is 0.281. The number of benzene rings is 2. The van der Waals surface area contributed by atoms with Crippen molar-refractivity contribution in [2.75, 3.05) is 38.3 Å². The molecule has 2 rings (SSSR count). The summed E-state index contributed by atoms with van der Waals surface area (Å²) in [6.45, 7) is 3.00. The maximum Gasteiger partial charge on any atom is 0.119 e. The molecule has 2 aromatic rings. The number of hydrogen-bond acceptors (Lipinski definition) is 6. The number of methoxy groups -OCH3 is 1. The van der Waals surface area contributed by atoms with E-state index in [2.05, 4.69) is 10.2 Å². The number of aliphatic hydroxyl groups excluding tert-OH is 2. The van der Waals surface area contributed by atoms with Crippen molar-refractivity contribution < 1.29 is 14.9 Å². The van der Waals surface area contributed by atoms with Gasteiger partial charge in [0, 0.05) is 18.8 Å². The highest BCUT2D eigenvalue weighted by molar-refractivity contribution is 5.57. The molecular weight excluding hydrogens is 306 g/mol. The fourth-order valence-corrected chi connectivity index (χ4v) is 2.32. The number of azo groups is 1. The van der Waals surface area contributed by atoms with Gasteiger partial charge in [-0.25, -0.2) is 0 Å². The lowest BCUT2D eigenvalue weighted by atomic mass is 10.1. The number of aliphatic hydroxyl groups is 2. The van der Waals surface area contributed by atoms with Crippen LogP contribution in [-0.4, -0.2) is 43.6 Å². The van der Waals surface area contributed by atoms with Crippen LogP contribution in [0.3, 0.4) is 0 Å². The Morgan fingerprint density at radius 2 is 1.62 bits per heavy atom. The molecule has 0 saturated carbocycles. The van der Waals surface area contributed by atoms with Crippen LogP contribution in [0.2, 0.25) is 0 Å². The number of nitrogens with zero attached hydrogens (tertiary/aromatic N) is 3. The van der Waals surface area contributed by atoms with Gasteiger partial charge in [-0.2, -0.15) is 10.2 Å². The smallest absolute Gasteiger partial charge is 0.119 e. The molecule has 0 heterocycles. The molecule has 24 heavy (non-hydrogen) atoms. The van der Waals surface area contributed by atoms with Crippen molar-refractivity contribution in [3.05, 3.63) is 48.0 Å². The number of aryl methyl sites for hydroxylation is 1. The van der Waals surface area contributed by atoms with Crippen molar-refractivity contribution in [2.45, 2.75) is 6.92 Å². The Morgan fingerprint density at radius 3 is 2.17 bits per heavy atom. The highest BCUT2D eigenvalue weighted by atomic mass is 16.5. The molecule has 0 unspecified atom stereocenters. The Kier molecular flexibility index (Phi) is 6.72. The van der Waals surface area contributed by atoms with Gasteiger partial charge in [0.25, 0.3) is 0 Å². The van der Waals surface area contributed by atoms with Crippen LogP contribution in [0.15, 0.2) is 52.7 Å². The molecule has 2 N–H and O–H groups in total. The van der Waals surface area contributed by atoms with E-state index in [9.17, 15) is 0 Å². The summed E-state index contributed by atoms with van der Waals surface area (Å²) in [6.07, 6.45) is 0. The molecule has 0 spiro atoms. The third-order valence-corrected chi connectivity index (χ3v) is 3.63. The molecule has 0 aromatic heterocycles. The molecule has 128 valence electrons. The number of ether oxygens (including phenoxy) is 1. The summed E-state index contributed by atoms with van der Waals surface area (Å²) in [5.74, 6) is 0.780. The van der Waals surface area contributed by atoms with Gasteiger partial charge < -0.3 is 19.8 Å². The maximum absolute atomic E-state index is 9.13. The quantitative estimate of drug-likeness (QED) is 0.729. The second kappa shape index (κ2) is 9.00. The predicted molar refractivity (Wildman–Crippen MR) is 94.7 cm³/mol. The van der Waals surface area contributed by atoms with Gasteiger partial charge in [-0.05, 0) is 55.0 Å². The van der Waals surface area contributed by atoms with E-state index in [0.29, 0.717) is 13.1 Å². The molecule has 0 aliphatic carbocycles. The van der Waals surface area contributed by atoms with Crippen LogP contribution in [0.1, 0.15) is 5.56 Å². The van der Waals surface area contributed by atoms with Gasteiger partial charge in [-0.3, -0.25) is 0 Å². The predicted octanol–water partition coefficient (Wildman–Crippen LogP) is 3.21. The minimum Gasteiger partial charge on any atom is -0.497 e. The van der Waals surface area contributed by atoms with Gasteiger partial charge in [-0.15, -0.1) is 0 Å². The number of hydrogen-bond donors (Lipinski definition) is 2. The summed E-state index contributed by atoms with van der Waals surface area (Å²) in [5, 5.41) is 26.8. The molecule has 0 radical (unpaired) electrons. The van der Waals surface area contributed by atoms with Gasteiger partial charge in [-0.1, -0.05) is 0 Å². The van der Waals surface area contributed by atoms with E-state index in [0.717, 1.165) is 28.4 Å². The maximum atomic E-state index is 9.13. The first-order chi connectivity index (χ1) is 11.7. The van der Waals surface area contributed by atoms with Crippen LogP contribution in [0.5, 0.6) is 5.75 Å². The Bertz CT molecular complexity index is 666. The van der Waals surface area contributed by atoms with Crippen LogP contribution in [0.25, 0.3) is 0 Å². The molecule has 0 saturated heterocycles. The van der Waals surface area contributed by atoms with Crippen molar-refractivity contribution in [3.8, 4) is 5.75 Å². The van der Waals surface area contributed by atoms with E-state index < -0.39 is 0 Å². The first-order valence-electron chi connectivity index (χ1n) is 7.81. The number of rotatable bonds is 8. The average Bonchev–Trinajstić information content (AvgIpc) is 2.61. The Balaban J connectivity index is 2.14. The zero-order chi connectivity index (χ0) is 17.4. The summed E-state index contributed by atoms with van der Waals surface area (Å²) < 4.78 is 5.11. The third kappa shape index (κ3) is 4.78. The van der Waals surface area contributed by atoms with Gasteiger partial charge in [0.15, 0.2) is 0 Å². The van der Waals surface area contributed by atoms with Crippen LogP contribution < -0.4 is 9.64 Å². The molecule has 0 aliphatic rings. The monoisotopic (exact) mass is 329 g/mol. The largest absolute Gasteiger partial charge is 0.497 e. The standard InChI is InChI=1S/C18H23N3O3/c1-14-13-16(21(9-11-22)10-12-23)5-8-18(14)20-19-15-3-6-17(24-2)7-4-15/h3-8,13,22-23H,9-12H2,1-2H3. The summed E-state index contributed by atoms with van der Waals surface area (Å²) in [5.41, 5.74) is 3.45. The van der Waals surface area contributed by atoms with E-state index in [-0.39, 0.29) is 13.2 Å². The Morgan fingerprint density at radius 1 is 0.958 bits per heavy atom. The van der Waals surface area contributed by atoms with Gasteiger partial charge in [0.1, 0.15) is 5.75 Å². The summed E-state index contributed by atoms with van der Waals surface area (Å²) in [4.78, 5) is 1.93. The molecular formula is C18H23N3O3. The SMILES string of the molecule is COc1ccc(N=Nc2ccc(N(CCO)CCO)cc2C)cc1. The van der Waals surface area contributed by atoms with E-state index in [1.807, 2.05) is 54.3 Å². The van der Waals surface area contributed by atoms with E-state index >= 15 is 0 Å². The molecule has 6 heteroatoms. The van der Waals surface area contributed by atoms with Crippen molar-refractivity contribution >= 4 is 17.1 Å². The highest BCUT2D eigenvalue weighted by Gasteiger charge is 2.07. The van der Waals surface area contributed by atoms with Crippen LogP contribution >= 0.6 is 0 Å². The van der Waals surface area contributed by atoms with Gasteiger partial charge >= 0.3 is 0 Å². The first-order valence-corrected chi connectivity index (χ1v) is 7.81. The minimum absolute atomic E-state index is 0.0397. The number of anilines is 1. The highest BCUT2D eigenvalue weighted by Crippen LogP contribution is 2.27. The molecule has 0 bridgehead atoms. The van der Waals surface area contributed by atoms with Crippen molar-refractivity contribution in [1.82, 2.24) is 0 Å². The van der Waals surface area contributed by atoms with Crippen LogP contribution in [0.4, 0.5) is 17.1 Å². The Hall–Kier alpha value is -2.44. The second-order valence-corrected chi connectivity index (χ2v) is 5.30. The average molecular weight is 329 g/mol. The molecule has 0 aliphatic heterocycles. The second-order valence-electron chi connectivity index (χ2n) is 5.30. The topological polar surface area (TPSA) is 77.7 Å². The van der Waals surface area contributed by atoms with Crippen LogP contribution in [-0.2, 0) is 0 Å². The third-order valence-electron chi connectivity index (χ3n) is 3.63. The normalized spacial score (nSPS) is 11.0. The fourth-order valence-electron chi connectivity index (χ4n) is 2.32. The summed E-state index contributed by atoms with van der Waals surface area (Å²) >= 11 is 0. The molecule has 0 amide bonds. The summed E-state index contributed by atoms with van der Waals surface area (Å²) in [7, 11) is 1.62. The van der Waals surface area contributed by atoms with Crippen molar-refractivity contribution in [2.24, 2.45) is 10.2 Å². The van der Waals surface area contributed by atoms with E-state index in [1.54, 1.807) is 7.11 Å². The lowest BCUT2D eigenvalue weighted by Crippen LogP contribution is -2.29. The van der Waals surface area contributed by atoms with Gasteiger partial charge in [0.05, 0.1) is 31.7 Å². The van der Waals surface area contributed by atoms with Crippen LogP contribution in [0, 0.1) is 6.92 Å². The zero-order valence-corrected chi connectivity index (χ0v) is 14.0. The first kappa shape index (κ1) is 17.9. The zero-order valence-electron chi connectivity index (χ0n) is 14.0. The van der Waals surface area contributed by atoms with Gasteiger partial charge in [0.2, 0.25) is 0 Å². The molecule has 2 aromatic carbocycles. The molecule has 6 nitrogen and oxygen atoms in total. The Labute approximate surface area is 142 Å². The fraction of sp³-hybridized carbons (Fsp3) is 0.333. The van der Waals surface area contributed by atoms with Crippen molar-refractivity contribution in [3.63, 3.8) is 0 Å². The van der Waals surface area contributed by atoms with Crippen molar-refractivity contribution in [1.29, 1.82) is 0 Å². The van der Waals surface area contributed by atoms with E-state index in [1.165, 1.54) is 0 Å².